The SMILES string of the molecule is Cc1ccc(OCc2ccc(C(=O)N3CC[C@H](CO)C3)cc2C)c(-c2csc(N3C[C@H]4CC[C@@H](C3)[C@H]4C(=O)O)n2)c1. The number of hydrogen-bond acceptors (Lipinski definition) is 7. The van der Waals surface area contributed by atoms with Gasteiger partial charge in [-0.3, -0.25) is 9.59 Å². The van der Waals surface area contributed by atoms with Gasteiger partial charge in [0.25, 0.3) is 5.91 Å². The summed E-state index contributed by atoms with van der Waals surface area (Å²) in [5.74, 6) is 0.434. The average molecular weight is 576 g/mol. The topological polar surface area (TPSA) is 103 Å². The molecule has 0 radical (unpaired) electrons. The zero-order valence-electron chi connectivity index (χ0n) is 23.6. The Bertz CT molecular complexity index is 1440. The number of nitrogens with zero attached hydrogens (tertiary/aromatic N) is 3. The van der Waals surface area contributed by atoms with E-state index in [1.165, 1.54) is 0 Å². The van der Waals surface area contributed by atoms with Crippen molar-refractivity contribution in [2.45, 2.75) is 39.7 Å². The maximum Gasteiger partial charge on any atom is 0.307 e. The molecule has 2 saturated heterocycles. The van der Waals surface area contributed by atoms with E-state index >= 15 is 0 Å². The molecule has 9 heteroatoms. The Morgan fingerprint density at radius 3 is 2.51 bits per heavy atom. The van der Waals surface area contributed by atoms with Gasteiger partial charge in [-0.15, -0.1) is 11.3 Å². The lowest BCUT2D eigenvalue weighted by molar-refractivity contribution is -0.144. The van der Waals surface area contributed by atoms with E-state index in [4.69, 9.17) is 9.72 Å². The summed E-state index contributed by atoms with van der Waals surface area (Å²) in [4.78, 5) is 33.8. The minimum absolute atomic E-state index is 0.0110. The van der Waals surface area contributed by atoms with Gasteiger partial charge < -0.3 is 24.7 Å². The van der Waals surface area contributed by atoms with Crippen LogP contribution in [0.4, 0.5) is 5.13 Å². The number of ether oxygens (including phenoxy) is 1. The number of likely N-dealkylation sites (tertiary alicyclic amines) is 1. The number of piperidine rings is 1. The van der Waals surface area contributed by atoms with Crippen molar-refractivity contribution in [1.82, 2.24) is 9.88 Å². The lowest BCUT2D eigenvalue weighted by atomic mass is 9.85. The zero-order chi connectivity index (χ0) is 28.7. The van der Waals surface area contributed by atoms with Gasteiger partial charge in [0, 0.05) is 55.2 Å². The Hall–Kier alpha value is -3.43. The summed E-state index contributed by atoms with van der Waals surface area (Å²) in [6.45, 7) is 7.33. The number of aryl methyl sites for hydroxylation is 2. The number of anilines is 1. The first kappa shape index (κ1) is 27.7. The minimum Gasteiger partial charge on any atom is -0.488 e. The largest absolute Gasteiger partial charge is 0.488 e. The van der Waals surface area contributed by atoms with Crippen molar-refractivity contribution in [2.24, 2.45) is 23.7 Å². The second-order valence-corrected chi connectivity index (χ2v) is 12.7. The summed E-state index contributed by atoms with van der Waals surface area (Å²) in [6, 6.07) is 11.9. The highest BCUT2D eigenvalue weighted by molar-refractivity contribution is 7.14. The number of aromatic nitrogens is 1. The molecular formula is C32H37N3O5S. The van der Waals surface area contributed by atoms with Crippen LogP contribution in [0.2, 0.25) is 0 Å². The van der Waals surface area contributed by atoms with Crippen molar-refractivity contribution in [1.29, 1.82) is 0 Å². The van der Waals surface area contributed by atoms with E-state index < -0.39 is 5.97 Å². The van der Waals surface area contributed by atoms with Gasteiger partial charge in [-0.25, -0.2) is 4.98 Å². The molecule has 3 aromatic rings. The van der Waals surface area contributed by atoms with Crippen molar-refractivity contribution in [3.63, 3.8) is 0 Å². The number of carbonyl (C=O) groups is 2. The number of benzene rings is 2. The van der Waals surface area contributed by atoms with Gasteiger partial charge >= 0.3 is 5.97 Å². The molecule has 2 bridgehead atoms. The molecule has 3 aliphatic rings. The number of carbonyl (C=O) groups excluding carboxylic acids is 1. The Morgan fingerprint density at radius 1 is 1.05 bits per heavy atom. The molecule has 4 atom stereocenters. The van der Waals surface area contributed by atoms with Crippen LogP contribution >= 0.6 is 11.3 Å². The van der Waals surface area contributed by atoms with Crippen LogP contribution in [0.25, 0.3) is 11.3 Å². The van der Waals surface area contributed by atoms with E-state index in [2.05, 4.69) is 23.3 Å². The monoisotopic (exact) mass is 575 g/mol. The molecule has 0 unspecified atom stereocenters. The first-order valence-electron chi connectivity index (χ1n) is 14.5. The van der Waals surface area contributed by atoms with Crippen molar-refractivity contribution >= 4 is 28.3 Å². The normalized spacial score (nSPS) is 23.7. The fraction of sp³-hybridized carbons (Fsp3) is 0.469. The first-order valence-corrected chi connectivity index (χ1v) is 15.4. The van der Waals surface area contributed by atoms with Crippen LogP contribution in [0.1, 0.15) is 46.3 Å². The summed E-state index contributed by atoms with van der Waals surface area (Å²) in [7, 11) is 0. The summed E-state index contributed by atoms with van der Waals surface area (Å²) in [5.41, 5.74) is 5.59. The third kappa shape index (κ3) is 5.57. The van der Waals surface area contributed by atoms with Gasteiger partial charge in [0.1, 0.15) is 12.4 Å². The fourth-order valence-corrected chi connectivity index (χ4v) is 7.63. The van der Waals surface area contributed by atoms with E-state index in [0.717, 1.165) is 71.2 Å². The minimum atomic E-state index is -0.655. The van der Waals surface area contributed by atoms with Gasteiger partial charge in [0.2, 0.25) is 0 Å². The maximum atomic E-state index is 13.0. The molecular weight excluding hydrogens is 538 g/mol. The molecule has 2 aliphatic heterocycles. The molecule has 216 valence electrons. The second-order valence-electron chi connectivity index (χ2n) is 11.9. The summed E-state index contributed by atoms with van der Waals surface area (Å²) < 4.78 is 6.34. The van der Waals surface area contributed by atoms with Crippen LogP contribution < -0.4 is 9.64 Å². The number of fused-ring (bicyclic) bond motifs is 2. The molecule has 8 nitrogen and oxygen atoms in total. The molecule has 41 heavy (non-hydrogen) atoms. The highest BCUT2D eigenvalue weighted by atomic mass is 32.1. The zero-order valence-corrected chi connectivity index (χ0v) is 24.4. The molecule has 0 spiro atoms. The number of carboxylic acid groups (broad SMARTS) is 1. The molecule has 3 heterocycles. The van der Waals surface area contributed by atoms with E-state index in [9.17, 15) is 19.8 Å². The Balaban J connectivity index is 1.15. The van der Waals surface area contributed by atoms with Crippen LogP contribution in [-0.2, 0) is 11.4 Å². The third-order valence-corrected chi connectivity index (χ3v) is 10.00. The second kappa shape index (κ2) is 11.4. The lowest BCUT2D eigenvalue weighted by Crippen LogP contribution is -2.44. The van der Waals surface area contributed by atoms with E-state index in [0.29, 0.717) is 25.3 Å². The summed E-state index contributed by atoms with van der Waals surface area (Å²) in [5, 5.41) is 22.1. The quantitative estimate of drug-likeness (QED) is 0.389. The van der Waals surface area contributed by atoms with Gasteiger partial charge in [-0.2, -0.15) is 0 Å². The van der Waals surface area contributed by atoms with Crippen LogP contribution in [0.5, 0.6) is 5.75 Å². The number of aliphatic carboxylic acids is 1. The number of aliphatic hydroxyl groups is 1. The fourth-order valence-electron chi connectivity index (χ4n) is 6.78. The number of rotatable bonds is 8. The van der Waals surface area contributed by atoms with Gasteiger partial charge in [0.05, 0.1) is 11.6 Å². The molecule has 2 aromatic carbocycles. The van der Waals surface area contributed by atoms with Gasteiger partial charge in [-0.05, 0) is 80.3 Å². The van der Waals surface area contributed by atoms with E-state index in [1.807, 2.05) is 42.2 Å². The predicted molar refractivity (Wildman–Crippen MR) is 158 cm³/mol. The smallest absolute Gasteiger partial charge is 0.307 e. The van der Waals surface area contributed by atoms with Crippen LogP contribution in [0.3, 0.4) is 0 Å². The number of carboxylic acids is 1. The lowest BCUT2D eigenvalue weighted by Gasteiger charge is -2.35. The first-order chi connectivity index (χ1) is 19.8. The van der Waals surface area contributed by atoms with Crippen LogP contribution in [-0.4, -0.2) is 64.8 Å². The summed E-state index contributed by atoms with van der Waals surface area (Å²) in [6.07, 6.45) is 2.79. The maximum absolute atomic E-state index is 13.0. The molecule has 3 fully saturated rings. The highest BCUT2D eigenvalue weighted by Crippen LogP contribution is 2.44. The Morgan fingerprint density at radius 2 is 1.83 bits per heavy atom. The van der Waals surface area contributed by atoms with Crippen molar-refractivity contribution in [3.8, 4) is 17.0 Å². The average Bonchev–Trinajstić information content (AvgIpc) is 3.70. The Labute approximate surface area is 244 Å². The Kier molecular flexibility index (Phi) is 7.74. The molecule has 1 aromatic heterocycles. The molecule has 1 saturated carbocycles. The molecule has 2 N–H and O–H groups in total. The van der Waals surface area contributed by atoms with Crippen molar-refractivity contribution in [2.75, 3.05) is 37.7 Å². The number of thiazole rings is 1. The van der Waals surface area contributed by atoms with E-state index in [1.54, 1.807) is 11.3 Å². The van der Waals surface area contributed by atoms with Crippen LogP contribution in [0.15, 0.2) is 41.8 Å². The number of aliphatic hydroxyl groups excluding tert-OH is 1. The van der Waals surface area contributed by atoms with Crippen molar-refractivity contribution in [3.05, 3.63) is 64.0 Å². The van der Waals surface area contributed by atoms with Gasteiger partial charge in [0.15, 0.2) is 5.13 Å². The number of hydrogen-bond donors (Lipinski definition) is 2. The predicted octanol–water partition coefficient (Wildman–Crippen LogP) is 5.01. The molecule has 1 amide bonds. The van der Waals surface area contributed by atoms with Crippen molar-refractivity contribution < 1.29 is 24.5 Å². The highest BCUT2D eigenvalue weighted by Gasteiger charge is 2.46. The number of amides is 1. The third-order valence-electron chi connectivity index (χ3n) is 9.10. The summed E-state index contributed by atoms with van der Waals surface area (Å²) >= 11 is 1.60. The molecule has 6 rings (SSSR count). The van der Waals surface area contributed by atoms with Crippen LogP contribution in [0, 0.1) is 37.5 Å². The van der Waals surface area contributed by atoms with Gasteiger partial charge in [-0.1, -0.05) is 17.7 Å². The molecule has 1 aliphatic carbocycles. The van der Waals surface area contributed by atoms with E-state index in [-0.39, 0.29) is 36.2 Å². The standard InChI is InChI=1S/C32H37N3O5S/c1-19-3-8-28(40-17-25-7-4-22(12-20(25)2)30(37)34-10-9-21(13-34)16-36)26(11-19)27-18-41-32(33-27)35-14-23-5-6-24(15-35)29(23)31(38)39/h3-4,7-8,11-12,18,21,23-24,29,36H,5-6,9-10,13-17H2,1-2H3,(H,38,39)/t21-,23-,24+,29+/m0/s1.